The summed E-state index contributed by atoms with van der Waals surface area (Å²) in [6.45, 7) is 1.44. The molecule has 2 aromatic heterocycles. The molecule has 7 heteroatoms. The van der Waals surface area contributed by atoms with Crippen molar-refractivity contribution in [3.8, 4) is 0 Å². The van der Waals surface area contributed by atoms with Gasteiger partial charge in [0.25, 0.3) is 0 Å². The van der Waals surface area contributed by atoms with Crippen LogP contribution in [0, 0.1) is 0 Å². The predicted octanol–water partition coefficient (Wildman–Crippen LogP) is 2.49. The number of hydrogen-bond acceptors (Lipinski definition) is 5. The molecule has 0 bridgehead atoms. The number of aliphatic hydroxyl groups is 1. The monoisotopic (exact) mass is 329 g/mol. The number of H-pyrrole nitrogens is 1. The lowest BCUT2D eigenvalue weighted by Crippen LogP contribution is -2.43. The van der Waals surface area contributed by atoms with Crippen LogP contribution in [0.25, 0.3) is 11.0 Å². The van der Waals surface area contributed by atoms with Crippen LogP contribution in [0.3, 0.4) is 0 Å². The second kappa shape index (κ2) is 5.47. The molecule has 0 unspecified atom stereocenters. The molecule has 1 aromatic carbocycles. The molecule has 118 valence electrons. The highest BCUT2D eigenvalue weighted by atomic mass is 35.5. The number of anilines is 1. The van der Waals surface area contributed by atoms with Gasteiger partial charge in [0.2, 0.25) is 0 Å². The zero-order chi connectivity index (χ0) is 15.9. The quantitative estimate of drug-likeness (QED) is 0.755. The van der Waals surface area contributed by atoms with Crippen molar-refractivity contribution >= 4 is 28.5 Å². The number of benzene rings is 1. The van der Waals surface area contributed by atoms with Gasteiger partial charge in [-0.3, -0.25) is 5.10 Å². The standard InChI is InChI=1S/C16H16ClN5O/c17-12-3-1-11(2-4-12)16(23)5-7-22(8-6-16)15-13-9-20-21-14(13)18-10-19-15/h1-4,9-10,23H,5-8H2,(H,18,19,20,21). The van der Waals surface area contributed by atoms with Crippen molar-refractivity contribution in [3.05, 3.63) is 47.4 Å². The van der Waals surface area contributed by atoms with Gasteiger partial charge in [0, 0.05) is 18.1 Å². The number of aromatic amines is 1. The molecule has 6 nitrogen and oxygen atoms in total. The molecule has 0 spiro atoms. The van der Waals surface area contributed by atoms with Crippen LogP contribution in [0.4, 0.5) is 5.82 Å². The minimum atomic E-state index is -0.816. The molecule has 0 amide bonds. The van der Waals surface area contributed by atoms with Crippen LogP contribution in [0.5, 0.6) is 0 Å². The first kappa shape index (κ1) is 14.4. The van der Waals surface area contributed by atoms with Crippen LogP contribution in [0.15, 0.2) is 36.8 Å². The largest absolute Gasteiger partial charge is 0.385 e. The van der Waals surface area contributed by atoms with E-state index in [1.165, 1.54) is 6.33 Å². The maximum atomic E-state index is 11.0. The van der Waals surface area contributed by atoms with E-state index in [1.54, 1.807) is 6.20 Å². The summed E-state index contributed by atoms with van der Waals surface area (Å²) in [7, 11) is 0. The summed E-state index contributed by atoms with van der Waals surface area (Å²) < 4.78 is 0. The fourth-order valence-corrected chi connectivity index (χ4v) is 3.27. The molecule has 4 rings (SSSR count). The number of hydrogen-bond donors (Lipinski definition) is 2. The van der Waals surface area contributed by atoms with Crippen molar-refractivity contribution in [1.82, 2.24) is 20.2 Å². The Kier molecular flexibility index (Phi) is 3.43. The molecular formula is C16H16ClN5O. The average molecular weight is 330 g/mol. The van der Waals surface area contributed by atoms with Crippen LogP contribution in [-0.2, 0) is 5.60 Å². The highest BCUT2D eigenvalue weighted by Gasteiger charge is 2.34. The SMILES string of the molecule is OC1(c2ccc(Cl)cc2)CCN(c2ncnc3[nH]ncc23)CC1. The number of aromatic nitrogens is 4. The summed E-state index contributed by atoms with van der Waals surface area (Å²) in [6, 6.07) is 7.44. The predicted molar refractivity (Wildman–Crippen MR) is 88.5 cm³/mol. The molecular weight excluding hydrogens is 314 g/mol. The first-order valence-corrected chi connectivity index (χ1v) is 7.91. The second-order valence-corrected chi connectivity index (χ2v) is 6.29. The van der Waals surface area contributed by atoms with E-state index in [9.17, 15) is 5.11 Å². The summed E-state index contributed by atoms with van der Waals surface area (Å²) >= 11 is 5.93. The lowest BCUT2D eigenvalue weighted by atomic mass is 9.84. The number of halogens is 1. The molecule has 1 fully saturated rings. The van der Waals surface area contributed by atoms with E-state index in [-0.39, 0.29) is 0 Å². The third-order valence-electron chi connectivity index (χ3n) is 4.50. The molecule has 0 aliphatic carbocycles. The minimum absolute atomic E-state index is 0.637. The van der Waals surface area contributed by atoms with E-state index in [2.05, 4.69) is 25.1 Å². The Morgan fingerprint density at radius 1 is 1.13 bits per heavy atom. The van der Waals surface area contributed by atoms with Crippen molar-refractivity contribution in [2.45, 2.75) is 18.4 Å². The van der Waals surface area contributed by atoms with Crippen LogP contribution < -0.4 is 4.90 Å². The van der Waals surface area contributed by atoms with Gasteiger partial charge in [-0.15, -0.1) is 0 Å². The Bertz CT molecular complexity index is 824. The molecule has 0 atom stereocenters. The van der Waals surface area contributed by atoms with E-state index in [4.69, 9.17) is 11.6 Å². The maximum Gasteiger partial charge on any atom is 0.160 e. The van der Waals surface area contributed by atoms with Gasteiger partial charge in [0.1, 0.15) is 12.1 Å². The second-order valence-electron chi connectivity index (χ2n) is 5.86. The molecule has 23 heavy (non-hydrogen) atoms. The number of nitrogens with zero attached hydrogens (tertiary/aromatic N) is 4. The Balaban J connectivity index is 1.57. The van der Waals surface area contributed by atoms with Crippen molar-refractivity contribution in [2.24, 2.45) is 0 Å². The normalized spacial score (nSPS) is 17.6. The molecule has 2 N–H and O–H groups in total. The van der Waals surface area contributed by atoms with E-state index in [0.29, 0.717) is 17.9 Å². The summed E-state index contributed by atoms with van der Waals surface area (Å²) in [6.07, 6.45) is 4.55. The number of nitrogens with one attached hydrogen (secondary N) is 1. The van der Waals surface area contributed by atoms with Gasteiger partial charge in [0.05, 0.1) is 17.2 Å². The third-order valence-corrected chi connectivity index (χ3v) is 4.75. The van der Waals surface area contributed by atoms with E-state index < -0.39 is 5.60 Å². The number of piperidine rings is 1. The number of fused-ring (bicyclic) bond motifs is 1. The molecule has 1 saturated heterocycles. The van der Waals surface area contributed by atoms with Crippen LogP contribution in [-0.4, -0.2) is 38.4 Å². The van der Waals surface area contributed by atoms with Gasteiger partial charge in [-0.2, -0.15) is 5.10 Å². The fourth-order valence-electron chi connectivity index (χ4n) is 3.14. The van der Waals surface area contributed by atoms with Crippen LogP contribution >= 0.6 is 11.6 Å². The summed E-state index contributed by atoms with van der Waals surface area (Å²) in [5.74, 6) is 0.863. The molecule has 0 saturated carbocycles. The summed E-state index contributed by atoms with van der Waals surface area (Å²) in [4.78, 5) is 10.7. The minimum Gasteiger partial charge on any atom is -0.385 e. The van der Waals surface area contributed by atoms with Crippen molar-refractivity contribution in [2.75, 3.05) is 18.0 Å². The Labute approximate surface area is 138 Å². The lowest BCUT2D eigenvalue weighted by Gasteiger charge is -2.39. The molecule has 0 radical (unpaired) electrons. The molecule has 3 aromatic rings. The highest BCUT2D eigenvalue weighted by molar-refractivity contribution is 6.30. The fraction of sp³-hybridized carbons (Fsp3) is 0.312. The molecule has 1 aliphatic heterocycles. The zero-order valence-corrected chi connectivity index (χ0v) is 13.2. The summed E-state index contributed by atoms with van der Waals surface area (Å²) in [5, 5.41) is 19.4. The summed E-state index contributed by atoms with van der Waals surface area (Å²) in [5.41, 5.74) is 0.829. The molecule has 3 heterocycles. The smallest absolute Gasteiger partial charge is 0.160 e. The van der Waals surface area contributed by atoms with Gasteiger partial charge in [-0.25, -0.2) is 9.97 Å². The first-order chi connectivity index (χ1) is 11.2. The third kappa shape index (κ3) is 2.54. The van der Waals surface area contributed by atoms with Gasteiger partial charge in [-0.1, -0.05) is 23.7 Å². The Morgan fingerprint density at radius 3 is 2.61 bits per heavy atom. The van der Waals surface area contributed by atoms with Gasteiger partial charge < -0.3 is 10.0 Å². The maximum absolute atomic E-state index is 11.0. The Hall–Kier alpha value is -2.18. The molecule has 1 aliphatic rings. The van der Waals surface area contributed by atoms with Gasteiger partial charge >= 0.3 is 0 Å². The number of rotatable bonds is 2. The zero-order valence-electron chi connectivity index (χ0n) is 12.4. The highest BCUT2D eigenvalue weighted by Crippen LogP contribution is 2.35. The first-order valence-electron chi connectivity index (χ1n) is 7.53. The van der Waals surface area contributed by atoms with Crippen molar-refractivity contribution in [3.63, 3.8) is 0 Å². The van der Waals surface area contributed by atoms with Gasteiger partial charge in [-0.05, 0) is 30.5 Å². The van der Waals surface area contributed by atoms with E-state index >= 15 is 0 Å². The van der Waals surface area contributed by atoms with Crippen LogP contribution in [0.2, 0.25) is 5.02 Å². The average Bonchev–Trinajstić information content (AvgIpc) is 3.05. The van der Waals surface area contributed by atoms with Crippen LogP contribution in [0.1, 0.15) is 18.4 Å². The van der Waals surface area contributed by atoms with E-state index in [0.717, 1.165) is 35.5 Å². The van der Waals surface area contributed by atoms with Crippen molar-refractivity contribution < 1.29 is 5.11 Å². The lowest BCUT2D eigenvalue weighted by molar-refractivity contribution is 0.0117. The Morgan fingerprint density at radius 2 is 1.87 bits per heavy atom. The topological polar surface area (TPSA) is 77.9 Å². The van der Waals surface area contributed by atoms with Crippen molar-refractivity contribution in [1.29, 1.82) is 0 Å². The van der Waals surface area contributed by atoms with E-state index in [1.807, 2.05) is 24.3 Å². The van der Waals surface area contributed by atoms with Gasteiger partial charge in [0.15, 0.2) is 5.65 Å².